The fourth-order valence-electron chi connectivity index (χ4n) is 3.35. The Balaban J connectivity index is 1.73. The van der Waals surface area contributed by atoms with E-state index in [1.807, 2.05) is 29.2 Å². The van der Waals surface area contributed by atoms with E-state index in [-0.39, 0.29) is 11.3 Å². The summed E-state index contributed by atoms with van der Waals surface area (Å²) in [5.74, 6) is 1.12. The van der Waals surface area contributed by atoms with Gasteiger partial charge in [-0.25, -0.2) is 0 Å². The van der Waals surface area contributed by atoms with Crippen molar-refractivity contribution in [1.82, 2.24) is 9.80 Å². The molecular formula is C22H27ClN2OS. The summed E-state index contributed by atoms with van der Waals surface area (Å²) in [6.45, 7) is 8.41. The van der Waals surface area contributed by atoms with Crippen LogP contribution in [0.2, 0.25) is 5.02 Å². The van der Waals surface area contributed by atoms with Gasteiger partial charge in [0.05, 0.1) is 6.54 Å². The van der Waals surface area contributed by atoms with E-state index in [1.54, 1.807) is 11.8 Å². The van der Waals surface area contributed by atoms with E-state index in [0.29, 0.717) is 12.6 Å². The number of halogens is 1. The molecule has 0 aliphatic carbocycles. The lowest BCUT2D eigenvalue weighted by Crippen LogP contribution is -2.42. The smallest absolute Gasteiger partial charge is 0.237 e. The Bertz CT molecular complexity index is 795. The molecule has 0 spiro atoms. The van der Waals surface area contributed by atoms with Crippen molar-refractivity contribution in [3.8, 4) is 0 Å². The number of amides is 1. The molecule has 0 radical (unpaired) electrons. The average molecular weight is 403 g/mol. The summed E-state index contributed by atoms with van der Waals surface area (Å²) in [5.41, 5.74) is 3.57. The highest BCUT2D eigenvalue weighted by atomic mass is 35.5. The molecule has 1 aliphatic rings. The van der Waals surface area contributed by atoms with Gasteiger partial charge in [-0.2, -0.15) is 0 Å². The predicted molar refractivity (Wildman–Crippen MR) is 115 cm³/mol. The molecule has 1 aliphatic heterocycles. The maximum absolute atomic E-state index is 13.2. The number of hydrogen-bond donors (Lipinski definition) is 0. The van der Waals surface area contributed by atoms with Gasteiger partial charge in [-0.15, -0.1) is 11.8 Å². The zero-order chi connectivity index (χ0) is 19.4. The number of rotatable bonds is 6. The standard InChI is InChI=1S/C22H27ClN2OS/c1-16(2)24(14-18-9-5-4-8-17(18)3)15-21(26)25-12-13-27-22(25)19-10-6-7-11-20(19)23/h4-11,16,22H,12-15H2,1-3H3/t22-/m0/s1. The van der Waals surface area contributed by atoms with Crippen molar-refractivity contribution in [2.75, 3.05) is 18.8 Å². The van der Waals surface area contributed by atoms with Gasteiger partial charge in [0, 0.05) is 35.5 Å². The molecule has 3 nitrogen and oxygen atoms in total. The number of benzene rings is 2. The van der Waals surface area contributed by atoms with Gasteiger partial charge in [-0.05, 0) is 38.0 Å². The van der Waals surface area contributed by atoms with Gasteiger partial charge in [0.2, 0.25) is 5.91 Å². The van der Waals surface area contributed by atoms with Crippen molar-refractivity contribution in [3.63, 3.8) is 0 Å². The summed E-state index contributed by atoms with van der Waals surface area (Å²) >= 11 is 8.18. The van der Waals surface area contributed by atoms with Crippen molar-refractivity contribution in [2.24, 2.45) is 0 Å². The largest absolute Gasteiger partial charge is 0.325 e. The zero-order valence-corrected chi connectivity index (χ0v) is 17.8. The van der Waals surface area contributed by atoms with Gasteiger partial charge in [0.25, 0.3) is 0 Å². The van der Waals surface area contributed by atoms with Crippen molar-refractivity contribution in [2.45, 2.75) is 38.7 Å². The van der Waals surface area contributed by atoms with E-state index in [1.165, 1.54) is 11.1 Å². The second-order valence-corrected chi connectivity index (χ2v) is 8.85. The van der Waals surface area contributed by atoms with Crippen LogP contribution in [0, 0.1) is 6.92 Å². The number of hydrogen-bond acceptors (Lipinski definition) is 3. The lowest BCUT2D eigenvalue weighted by Gasteiger charge is -2.31. The third-order valence-electron chi connectivity index (χ3n) is 5.09. The topological polar surface area (TPSA) is 23.6 Å². The molecule has 2 aromatic rings. The second kappa shape index (κ2) is 9.13. The summed E-state index contributed by atoms with van der Waals surface area (Å²) in [5, 5.41) is 0.744. The normalized spacial score (nSPS) is 17.1. The molecular weight excluding hydrogens is 376 g/mol. The fraction of sp³-hybridized carbons (Fsp3) is 0.409. The molecule has 3 rings (SSSR count). The van der Waals surface area contributed by atoms with Crippen LogP contribution in [-0.4, -0.2) is 40.6 Å². The van der Waals surface area contributed by atoms with Crippen LogP contribution >= 0.6 is 23.4 Å². The molecule has 1 saturated heterocycles. The summed E-state index contributed by atoms with van der Waals surface area (Å²) in [6.07, 6.45) is 0. The number of carbonyl (C=O) groups excluding carboxylic acids is 1. The van der Waals surface area contributed by atoms with Crippen LogP contribution in [0.1, 0.15) is 35.9 Å². The highest BCUT2D eigenvalue weighted by Gasteiger charge is 2.32. The van der Waals surface area contributed by atoms with E-state index in [9.17, 15) is 4.79 Å². The third-order valence-corrected chi connectivity index (χ3v) is 6.67. The molecule has 0 unspecified atom stereocenters. The van der Waals surface area contributed by atoms with Crippen LogP contribution in [0.4, 0.5) is 0 Å². The first-order valence-electron chi connectivity index (χ1n) is 9.41. The van der Waals surface area contributed by atoms with Gasteiger partial charge in [-0.3, -0.25) is 9.69 Å². The minimum atomic E-state index is 0.0127. The van der Waals surface area contributed by atoms with Crippen LogP contribution in [0.3, 0.4) is 0 Å². The number of aryl methyl sites for hydroxylation is 1. The summed E-state index contributed by atoms with van der Waals surface area (Å²) < 4.78 is 0. The predicted octanol–water partition coefficient (Wildman–Crippen LogP) is 5.13. The Morgan fingerprint density at radius 3 is 2.63 bits per heavy atom. The Hall–Kier alpha value is -1.49. The Morgan fingerprint density at radius 2 is 1.93 bits per heavy atom. The first kappa shape index (κ1) is 20.2. The number of carbonyl (C=O) groups is 1. The van der Waals surface area contributed by atoms with Gasteiger partial charge >= 0.3 is 0 Å². The highest BCUT2D eigenvalue weighted by molar-refractivity contribution is 7.99. The first-order valence-corrected chi connectivity index (χ1v) is 10.8. The van der Waals surface area contributed by atoms with E-state index in [0.717, 1.165) is 29.4 Å². The summed E-state index contributed by atoms with van der Waals surface area (Å²) in [4.78, 5) is 17.4. The molecule has 1 atom stereocenters. The van der Waals surface area contributed by atoms with Crippen LogP contribution in [0.25, 0.3) is 0 Å². The van der Waals surface area contributed by atoms with Crippen LogP contribution in [0.15, 0.2) is 48.5 Å². The lowest BCUT2D eigenvalue weighted by atomic mass is 10.1. The molecule has 1 fully saturated rings. The summed E-state index contributed by atoms with van der Waals surface area (Å²) in [7, 11) is 0. The molecule has 5 heteroatoms. The van der Waals surface area contributed by atoms with Crippen molar-refractivity contribution >= 4 is 29.3 Å². The maximum atomic E-state index is 13.2. The SMILES string of the molecule is Cc1ccccc1CN(CC(=O)N1CCS[C@H]1c1ccccc1Cl)C(C)C. The van der Waals surface area contributed by atoms with Crippen LogP contribution < -0.4 is 0 Å². The average Bonchev–Trinajstić information content (AvgIpc) is 3.12. The van der Waals surface area contributed by atoms with Gasteiger partial charge < -0.3 is 4.90 Å². The minimum Gasteiger partial charge on any atom is -0.325 e. The van der Waals surface area contributed by atoms with E-state index in [2.05, 4.69) is 49.9 Å². The zero-order valence-electron chi connectivity index (χ0n) is 16.2. The Morgan fingerprint density at radius 1 is 1.22 bits per heavy atom. The highest BCUT2D eigenvalue weighted by Crippen LogP contribution is 2.40. The van der Waals surface area contributed by atoms with E-state index < -0.39 is 0 Å². The quantitative estimate of drug-likeness (QED) is 0.668. The monoisotopic (exact) mass is 402 g/mol. The number of thioether (sulfide) groups is 1. The Kier molecular flexibility index (Phi) is 6.85. The molecule has 0 N–H and O–H groups in total. The third kappa shape index (κ3) is 4.87. The van der Waals surface area contributed by atoms with Crippen molar-refractivity contribution in [3.05, 3.63) is 70.2 Å². The minimum absolute atomic E-state index is 0.0127. The van der Waals surface area contributed by atoms with Crippen LogP contribution in [0.5, 0.6) is 0 Å². The lowest BCUT2D eigenvalue weighted by molar-refractivity contribution is -0.133. The molecule has 0 aromatic heterocycles. The van der Waals surface area contributed by atoms with Crippen molar-refractivity contribution in [1.29, 1.82) is 0 Å². The van der Waals surface area contributed by atoms with Crippen LogP contribution in [-0.2, 0) is 11.3 Å². The molecule has 1 amide bonds. The molecule has 2 aromatic carbocycles. The first-order chi connectivity index (χ1) is 13.0. The molecule has 1 heterocycles. The molecule has 144 valence electrons. The maximum Gasteiger partial charge on any atom is 0.237 e. The van der Waals surface area contributed by atoms with E-state index in [4.69, 9.17) is 11.6 Å². The van der Waals surface area contributed by atoms with Gasteiger partial charge in [-0.1, -0.05) is 54.1 Å². The molecule has 27 heavy (non-hydrogen) atoms. The molecule has 0 bridgehead atoms. The van der Waals surface area contributed by atoms with Gasteiger partial charge in [0.1, 0.15) is 5.37 Å². The fourth-order valence-corrected chi connectivity index (χ4v) is 4.97. The molecule has 0 saturated carbocycles. The van der Waals surface area contributed by atoms with E-state index >= 15 is 0 Å². The van der Waals surface area contributed by atoms with Crippen molar-refractivity contribution < 1.29 is 4.79 Å². The number of nitrogens with zero attached hydrogens (tertiary/aromatic N) is 2. The van der Waals surface area contributed by atoms with Gasteiger partial charge in [0.15, 0.2) is 0 Å². The second-order valence-electron chi connectivity index (χ2n) is 7.26. The Labute approximate surface area is 171 Å². The summed E-state index contributed by atoms with van der Waals surface area (Å²) in [6, 6.07) is 16.5.